The summed E-state index contributed by atoms with van der Waals surface area (Å²) in [7, 11) is 0. The van der Waals surface area contributed by atoms with Crippen molar-refractivity contribution in [3.63, 3.8) is 0 Å². The van der Waals surface area contributed by atoms with Gasteiger partial charge in [-0.2, -0.15) is 0 Å². The Kier molecular flexibility index (Phi) is 3.49. The van der Waals surface area contributed by atoms with Crippen molar-refractivity contribution in [2.45, 2.75) is 31.8 Å². The highest BCUT2D eigenvalue weighted by atomic mass is 16.6. The number of likely N-dealkylation sites (tertiary alicyclic amines) is 1. The molecule has 0 N–H and O–H groups in total. The Morgan fingerprint density at radius 3 is 2.81 bits per heavy atom. The molecule has 0 spiro atoms. The first-order valence-corrected chi connectivity index (χ1v) is 8.33. The largest absolute Gasteiger partial charge is 0.444 e. The van der Waals surface area contributed by atoms with Crippen molar-refractivity contribution in [2.24, 2.45) is 11.8 Å². The molecule has 114 valence electrons. The lowest BCUT2D eigenvalue weighted by atomic mass is 9.85. The van der Waals surface area contributed by atoms with Crippen molar-refractivity contribution in [3.8, 4) is 0 Å². The van der Waals surface area contributed by atoms with E-state index in [1.54, 1.807) is 0 Å². The number of ether oxygens (including phenoxy) is 1. The van der Waals surface area contributed by atoms with E-state index in [1.807, 2.05) is 4.90 Å². The zero-order chi connectivity index (χ0) is 14.2. The van der Waals surface area contributed by atoms with E-state index in [2.05, 4.69) is 23.1 Å². The molecule has 2 atom stereocenters. The van der Waals surface area contributed by atoms with Gasteiger partial charge < -0.3 is 9.64 Å². The molecule has 5 rings (SSSR count). The quantitative estimate of drug-likeness (QED) is 0.743. The standard InChI is InChI=1S/C17H24N2O2/c20-17(21-16-12-18-8-5-14(16)6-9-18)19-10-7-13-3-1-2-4-15(13)11-19/h1-2,4,13-14,16H,3,5-12H2/t13?,16-/m0/s1. The second kappa shape index (κ2) is 5.48. The Morgan fingerprint density at radius 2 is 2.05 bits per heavy atom. The zero-order valence-corrected chi connectivity index (χ0v) is 12.5. The van der Waals surface area contributed by atoms with Crippen molar-refractivity contribution in [1.82, 2.24) is 9.80 Å². The van der Waals surface area contributed by atoms with Crippen LogP contribution in [0.4, 0.5) is 4.79 Å². The van der Waals surface area contributed by atoms with E-state index in [0.717, 1.165) is 32.5 Å². The van der Waals surface area contributed by atoms with Crippen LogP contribution in [0.5, 0.6) is 0 Å². The van der Waals surface area contributed by atoms with Gasteiger partial charge in [0.1, 0.15) is 6.10 Å². The topological polar surface area (TPSA) is 32.8 Å². The van der Waals surface area contributed by atoms with Gasteiger partial charge in [0.15, 0.2) is 0 Å². The molecule has 1 aliphatic carbocycles. The second-order valence-corrected chi connectivity index (χ2v) is 6.87. The van der Waals surface area contributed by atoms with Gasteiger partial charge in [-0.15, -0.1) is 0 Å². The number of carbonyl (C=O) groups is 1. The Labute approximate surface area is 126 Å². The minimum atomic E-state index is -0.0948. The molecule has 4 nitrogen and oxygen atoms in total. The maximum atomic E-state index is 12.5. The molecule has 4 heterocycles. The third-order valence-corrected chi connectivity index (χ3v) is 5.62. The van der Waals surface area contributed by atoms with Gasteiger partial charge in [0, 0.05) is 19.6 Å². The minimum absolute atomic E-state index is 0.0948. The van der Waals surface area contributed by atoms with Gasteiger partial charge >= 0.3 is 6.09 Å². The summed E-state index contributed by atoms with van der Waals surface area (Å²) in [6, 6.07) is 0. The summed E-state index contributed by atoms with van der Waals surface area (Å²) >= 11 is 0. The normalized spacial score (nSPS) is 37.9. The van der Waals surface area contributed by atoms with Crippen molar-refractivity contribution in [1.29, 1.82) is 0 Å². The van der Waals surface area contributed by atoms with Crippen LogP contribution in [0.25, 0.3) is 0 Å². The number of hydrogen-bond acceptors (Lipinski definition) is 3. The first-order chi connectivity index (χ1) is 10.3. The predicted octanol–water partition coefficient (Wildman–Crippen LogP) is 2.43. The van der Waals surface area contributed by atoms with Crippen molar-refractivity contribution in [3.05, 3.63) is 23.8 Å². The molecule has 0 aromatic carbocycles. The molecular formula is C17H24N2O2. The molecule has 4 fully saturated rings. The van der Waals surface area contributed by atoms with Crippen LogP contribution >= 0.6 is 0 Å². The average molecular weight is 288 g/mol. The Hall–Kier alpha value is -1.29. The summed E-state index contributed by atoms with van der Waals surface area (Å²) in [5.41, 5.74) is 1.40. The second-order valence-electron chi connectivity index (χ2n) is 6.87. The minimum Gasteiger partial charge on any atom is -0.444 e. The molecule has 21 heavy (non-hydrogen) atoms. The van der Waals surface area contributed by atoms with Gasteiger partial charge in [0.25, 0.3) is 0 Å². The van der Waals surface area contributed by atoms with Crippen molar-refractivity contribution in [2.75, 3.05) is 32.7 Å². The van der Waals surface area contributed by atoms with Crippen molar-refractivity contribution < 1.29 is 9.53 Å². The molecule has 0 radical (unpaired) electrons. The number of carbonyl (C=O) groups excluding carboxylic acids is 1. The smallest absolute Gasteiger partial charge is 0.410 e. The van der Waals surface area contributed by atoms with Crippen LogP contribution in [0, 0.1) is 11.8 Å². The van der Waals surface area contributed by atoms with Gasteiger partial charge in [-0.25, -0.2) is 4.79 Å². The number of rotatable bonds is 1. The Balaban J connectivity index is 1.37. The van der Waals surface area contributed by atoms with Crippen LogP contribution in [0.2, 0.25) is 0 Å². The predicted molar refractivity (Wildman–Crippen MR) is 81.0 cm³/mol. The Morgan fingerprint density at radius 1 is 1.19 bits per heavy atom. The molecular weight excluding hydrogens is 264 g/mol. The first-order valence-electron chi connectivity index (χ1n) is 8.33. The van der Waals surface area contributed by atoms with E-state index in [4.69, 9.17) is 4.74 Å². The lowest BCUT2D eigenvalue weighted by molar-refractivity contribution is -0.0442. The van der Waals surface area contributed by atoms with Crippen LogP contribution < -0.4 is 0 Å². The van der Waals surface area contributed by atoms with E-state index >= 15 is 0 Å². The lowest BCUT2D eigenvalue weighted by Gasteiger charge is -2.44. The summed E-state index contributed by atoms with van der Waals surface area (Å²) < 4.78 is 5.84. The number of fused-ring (bicyclic) bond motifs is 4. The fourth-order valence-electron chi connectivity index (χ4n) is 4.22. The number of hydrogen-bond donors (Lipinski definition) is 0. The van der Waals surface area contributed by atoms with Gasteiger partial charge in [-0.3, -0.25) is 4.90 Å². The van der Waals surface area contributed by atoms with Crippen LogP contribution in [-0.2, 0) is 4.74 Å². The summed E-state index contributed by atoms with van der Waals surface area (Å²) in [5, 5.41) is 0. The lowest BCUT2D eigenvalue weighted by Crippen LogP contribution is -2.53. The third-order valence-electron chi connectivity index (χ3n) is 5.62. The molecule has 1 unspecified atom stereocenters. The van der Waals surface area contributed by atoms with Crippen molar-refractivity contribution >= 4 is 6.09 Å². The van der Waals surface area contributed by atoms with E-state index in [0.29, 0.717) is 11.8 Å². The number of allylic oxidation sites excluding steroid dienone is 3. The number of nitrogens with zero attached hydrogens (tertiary/aromatic N) is 2. The third kappa shape index (κ3) is 2.61. The number of piperidine rings is 4. The molecule has 4 saturated heterocycles. The molecule has 1 amide bonds. The summed E-state index contributed by atoms with van der Waals surface area (Å²) in [6.45, 7) is 4.91. The van der Waals surface area contributed by atoms with Crippen LogP contribution in [0.15, 0.2) is 23.8 Å². The molecule has 2 bridgehead atoms. The molecule has 0 aromatic heterocycles. The highest BCUT2D eigenvalue weighted by molar-refractivity contribution is 5.68. The maximum Gasteiger partial charge on any atom is 0.410 e. The van der Waals surface area contributed by atoms with E-state index < -0.39 is 0 Å². The van der Waals surface area contributed by atoms with Gasteiger partial charge in [-0.05, 0) is 56.2 Å². The molecule has 4 aliphatic heterocycles. The molecule has 4 heteroatoms. The van der Waals surface area contributed by atoms with Gasteiger partial charge in [-0.1, -0.05) is 18.2 Å². The van der Waals surface area contributed by atoms with Crippen LogP contribution in [0.3, 0.4) is 0 Å². The molecule has 0 aromatic rings. The van der Waals surface area contributed by atoms with Crippen LogP contribution in [0.1, 0.15) is 25.7 Å². The number of amides is 1. The SMILES string of the molecule is O=C(O[C@H]1CN2CCC1CC2)N1CCC2CC=CC=C2C1. The van der Waals surface area contributed by atoms with E-state index in [9.17, 15) is 4.79 Å². The van der Waals surface area contributed by atoms with E-state index in [1.165, 1.54) is 31.5 Å². The van der Waals surface area contributed by atoms with Gasteiger partial charge in [0.05, 0.1) is 0 Å². The van der Waals surface area contributed by atoms with Crippen LogP contribution in [-0.4, -0.2) is 54.7 Å². The zero-order valence-electron chi connectivity index (χ0n) is 12.5. The molecule has 0 saturated carbocycles. The monoisotopic (exact) mass is 288 g/mol. The highest BCUT2D eigenvalue weighted by Gasteiger charge is 2.38. The summed E-state index contributed by atoms with van der Waals surface area (Å²) in [6.07, 6.45) is 11.2. The highest BCUT2D eigenvalue weighted by Crippen LogP contribution is 2.32. The summed E-state index contributed by atoms with van der Waals surface area (Å²) in [4.78, 5) is 16.8. The fraction of sp³-hybridized carbons (Fsp3) is 0.706. The summed E-state index contributed by atoms with van der Waals surface area (Å²) in [5.74, 6) is 1.24. The Bertz CT molecular complexity index is 477. The average Bonchev–Trinajstić information content (AvgIpc) is 2.55. The fourth-order valence-corrected chi connectivity index (χ4v) is 4.22. The first kappa shape index (κ1) is 13.4. The molecule has 5 aliphatic rings. The van der Waals surface area contributed by atoms with E-state index in [-0.39, 0.29) is 12.2 Å². The van der Waals surface area contributed by atoms with Gasteiger partial charge in [0.2, 0.25) is 0 Å². The maximum absolute atomic E-state index is 12.5.